The molecule has 2 heteroatoms. The van der Waals surface area contributed by atoms with Crippen molar-refractivity contribution < 1.29 is 8.78 Å². The second-order valence-corrected chi connectivity index (χ2v) is 10.5. The minimum atomic E-state index is -0.385. The topological polar surface area (TPSA) is 0 Å². The zero-order valence-corrected chi connectivity index (χ0v) is 20.0. The molecule has 2 aromatic carbocycles. The van der Waals surface area contributed by atoms with E-state index < -0.39 is 0 Å². The molecule has 32 heavy (non-hydrogen) atoms. The molecule has 2 aliphatic carbocycles. The fraction of sp³-hybridized carbons (Fsp3) is 0.600. The van der Waals surface area contributed by atoms with E-state index in [9.17, 15) is 0 Å². The molecular weight excluding hydrogens is 398 g/mol. The molecule has 4 rings (SSSR count). The highest BCUT2D eigenvalue weighted by Crippen LogP contribution is 2.48. The van der Waals surface area contributed by atoms with E-state index in [-0.39, 0.29) is 17.0 Å². The second-order valence-electron chi connectivity index (χ2n) is 10.5. The summed E-state index contributed by atoms with van der Waals surface area (Å²) in [5, 5.41) is 0.891. The number of allylic oxidation sites excluding steroid dienone is 2. The van der Waals surface area contributed by atoms with E-state index in [1.54, 1.807) is 6.07 Å². The Kier molecular flexibility index (Phi) is 8.02. The van der Waals surface area contributed by atoms with Crippen LogP contribution in [-0.2, 0) is 6.42 Å². The third-order valence-electron chi connectivity index (χ3n) is 8.33. The zero-order valence-electron chi connectivity index (χ0n) is 20.0. The SMILES string of the molecule is CC=CCCc1ccc2cc(C3CCC4CC(CCCCC)CCC4C3)cc(F)c2c1F. The smallest absolute Gasteiger partial charge is 0.137 e. The molecule has 0 bridgehead atoms. The van der Waals surface area contributed by atoms with Crippen molar-refractivity contribution >= 4 is 10.8 Å². The molecular formula is C30H40F2. The summed E-state index contributed by atoms with van der Waals surface area (Å²) in [4.78, 5) is 0. The van der Waals surface area contributed by atoms with E-state index in [2.05, 4.69) is 13.0 Å². The maximum Gasteiger partial charge on any atom is 0.137 e. The average molecular weight is 439 g/mol. The van der Waals surface area contributed by atoms with E-state index >= 15 is 8.78 Å². The third kappa shape index (κ3) is 5.26. The van der Waals surface area contributed by atoms with Gasteiger partial charge in [-0.05, 0) is 98.1 Å². The highest BCUT2D eigenvalue weighted by Gasteiger charge is 2.36. The summed E-state index contributed by atoms with van der Waals surface area (Å²) in [5.41, 5.74) is 1.69. The minimum absolute atomic E-state index is 0.174. The van der Waals surface area contributed by atoms with Crippen molar-refractivity contribution in [2.24, 2.45) is 17.8 Å². The van der Waals surface area contributed by atoms with Crippen LogP contribution < -0.4 is 0 Å². The third-order valence-corrected chi connectivity index (χ3v) is 8.33. The first-order valence-electron chi connectivity index (χ1n) is 13.1. The molecule has 2 aromatic rings. The van der Waals surface area contributed by atoms with Crippen molar-refractivity contribution in [3.05, 3.63) is 59.2 Å². The number of halogens is 2. The fourth-order valence-corrected chi connectivity index (χ4v) is 6.51. The Morgan fingerprint density at radius 3 is 2.59 bits per heavy atom. The first-order chi connectivity index (χ1) is 15.6. The quantitative estimate of drug-likeness (QED) is 0.284. The molecule has 2 fully saturated rings. The van der Waals surface area contributed by atoms with Gasteiger partial charge >= 0.3 is 0 Å². The highest BCUT2D eigenvalue weighted by molar-refractivity contribution is 5.85. The average Bonchev–Trinajstić information content (AvgIpc) is 2.80. The van der Waals surface area contributed by atoms with Gasteiger partial charge in [0.2, 0.25) is 0 Å². The summed E-state index contributed by atoms with van der Waals surface area (Å²) in [5.74, 6) is 2.26. The van der Waals surface area contributed by atoms with Gasteiger partial charge in [-0.1, -0.05) is 69.4 Å². The normalized spacial score (nSPS) is 26.0. The predicted molar refractivity (Wildman–Crippen MR) is 132 cm³/mol. The maximum absolute atomic E-state index is 15.1. The Bertz CT molecular complexity index is 928. The van der Waals surface area contributed by atoms with Crippen molar-refractivity contribution in [3.63, 3.8) is 0 Å². The Hall–Kier alpha value is -1.70. The van der Waals surface area contributed by atoms with E-state index in [4.69, 9.17) is 0 Å². The monoisotopic (exact) mass is 438 g/mol. The van der Waals surface area contributed by atoms with Gasteiger partial charge in [-0.2, -0.15) is 0 Å². The lowest BCUT2D eigenvalue weighted by Gasteiger charge is -2.42. The summed E-state index contributed by atoms with van der Waals surface area (Å²) in [6, 6.07) is 7.48. The number of unbranched alkanes of at least 4 members (excludes halogenated alkanes) is 2. The number of hydrogen-bond donors (Lipinski definition) is 0. The minimum Gasteiger partial charge on any atom is -0.206 e. The van der Waals surface area contributed by atoms with Crippen LogP contribution in [-0.4, -0.2) is 0 Å². The molecule has 0 heterocycles. The van der Waals surface area contributed by atoms with Gasteiger partial charge in [-0.25, -0.2) is 8.78 Å². The van der Waals surface area contributed by atoms with Crippen molar-refractivity contribution in [2.45, 2.75) is 96.8 Å². The molecule has 2 aliphatic rings. The molecule has 0 radical (unpaired) electrons. The van der Waals surface area contributed by atoms with Crippen LogP contribution in [0.5, 0.6) is 0 Å². The van der Waals surface area contributed by atoms with Gasteiger partial charge < -0.3 is 0 Å². The number of benzene rings is 2. The molecule has 0 N–H and O–H groups in total. The Labute approximate surface area is 193 Å². The van der Waals surface area contributed by atoms with Gasteiger partial charge in [0.1, 0.15) is 11.6 Å². The molecule has 0 spiro atoms. The summed E-state index contributed by atoms with van der Waals surface area (Å²) >= 11 is 0. The zero-order chi connectivity index (χ0) is 22.5. The van der Waals surface area contributed by atoms with Gasteiger partial charge in [-0.3, -0.25) is 0 Å². The first-order valence-corrected chi connectivity index (χ1v) is 13.1. The lowest BCUT2D eigenvalue weighted by atomic mass is 9.63. The molecule has 2 saturated carbocycles. The Morgan fingerprint density at radius 1 is 0.969 bits per heavy atom. The summed E-state index contributed by atoms with van der Waals surface area (Å²) in [6.45, 7) is 4.25. The number of aryl methyl sites for hydroxylation is 1. The number of rotatable bonds is 8. The summed E-state index contributed by atoms with van der Waals surface area (Å²) < 4.78 is 30.1. The van der Waals surface area contributed by atoms with Crippen LogP contribution in [0.3, 0.4) is 0 Å². The molecule has 0 aromatic heterocycles. The van der Waals surface area contributed by atoms with E-state index in [0.29, 0.717) is 23.3 Å². The van der Waals surface area contributed by atoms with Crippen LogP contribution in [0.2, 0.25) is 0 Å². The van der Waals surface area contributed by atoms with E-state index in [1.165, 1.54) is 57.8 Å². The van der Waals surface area contributed by atoms with E-state index in [0.717, 1.165) is 36.2 Å². The number of hydrogen-bond acceptors (Lipinski definition) is 0. The van der Waals surface area contributed by atoms with Crippen LogP contribution in [0.1, 0.15) is 102 Å². The molecule has 174 valence electrons. The van der Waals surface area contributed by atoms with Gasteiger partial charge in [0, 0.05) is 0 Å². The van der Waals surface area contributed by atoms with Gasteiger partial charge in [-0.15, -0.1) is 0 Å². The predicted octanol–water partition coefficient (Wildman–Crippen LogP) is 9.51. The lowest BCUT2D eigenvalue weighted by Crippen LogP contribution is -2.30. The van der Waals surface area contributed by atoms with Crippen molar-refractivity contribution in [3.8, 4) is 0 Å². The number of fused-ring (bicyclic) bond motifs is 2. The summed E-state index contributed by atoms with van der Waals surface area (Å²) in [7, 11) is 0. The van der Waals surface area contributed by atoms with E-state index in [1.807, 2.05) is 31.2 Å². The van der Waals surface area contributed by atoms with Crippen LogP contribution in [0.15, 0.2) is 36.4 Å². The van der Waals surface area contributed by atoms with Gasteiger partial charge in [0.25, 0.3) is 0 Å². The van der Waals surface area contributed by atoms with Crippen LogP contribution in [0.4, 0.5) is 8.78 Å². The maximum atomic E-state index is 15.1. The van der Waals surface area contributed by atoms with Crippen molar-refractivity contribution in [2.75, 3.05) is 0 Å². The highest BCUT2D eigenvalue weighted by atomic mass is 19.1. The fourth-order valence-electron chi connectivity index (χ4n) is 6.51. The van der Waals surface area contributed by atoms with Crippen LogP contribution in [0.25, 0.3) is 10.8 Å². The van der Waals surface area contributed by atoms with Crippen LogP contribution in [0, 0.1) is 29.4 Å². The van der Waals surface area contributed by atoms with Crippen LogP contribution >= 0.6 is 0 Å². The van der Waals surface area contributed by atoms with Crippen molar-refractivity contribution in [1.82, 2.24) is 0 Å². The summed E-state index contributed by atoms with van der Waals surface area (Å²) in [6.07, 6.45) is 18.6. The molecule has 4 atom stereocenters. The van der Waals surface area contributed by atoms with Gasteiger partial charge in [0.05, 0.1) is 5.39 Å². The lowest BCUT2D eigenvalue weighted by molar-refractivity contribution is 0.113. The van der Waals surface area contributed by atoms with Crippen molar-refractivity contribution in [1.29, 1.82) is 0 Å². The Balaban J connectivity index is 1.45. The molecule has 0 nitrogen and oxygen atoms in total. The standard InChI is InChI=1S/C30H40F2/c1-3-5-7-9-21-11-12-24-18-25(15-14-23(24)17-21)27-19-26-16-13-22(10-8-6-4-2)30(32)29(26)28(31)20-27/h4,6,13,16,19-21,23-25H,3,5,7-12,14-15,17-18H2,1-2H3. The largest absolute Gasteiger partial charge is 0.206 e. The molecule has 0 amide bonds. The molecule has 0 aliphatic heterocycles. The molecule has 0 saturated heterocycles. The second kappa shape index (κ2) is 10.9. The first kappa shape index (κ1) is 23.5. The molecule has 4 unspecified atom stereocenters. The van der Waals surface area contributed by atoms with Gasteiger partial charge in [0.15, 0.2) is 0 Å². The Morgan fingerprint density at radius 2 is 1.78 bits per heavy atom.